The molecule has 1 spiro atoms. The molecule has 2 N–H and O–H groups in total. The van der Waals surface area contributed by atoms with Gasteiger partial charge in [-0.2, -0.15) is 0 Å². The van der Waals surface area contributed by atoms with E-state index in [0.717, 1.165) is 6.54 Å². The van der Waals surface area contributed by atoms with Gasteiger partial charge < -0.3 is 15.3 Å². The quantitative estimate of drug-likeness (QED) is 0.803. The van der Waals surface area contributed by atoms with E-state index in [2.05, 4.69) is 31.0 Å². The molecule has 1 aliphatic heterocycles. The summed E-state index contributed by atoms with van der Waals surface area (Å²) >= 11 is 0. The monoisotopic (exact) mass is 268 g/mol. The van der Waals surface area contributed by atoms with Crippen LogP contribution in [0.2, 0.25) is 0 Å². The predicted molar refractivity (Wildman–Crippen MR) is 80.3 cm³/mol. The van der Waals surface area contributed by atoms with Crippen molar-refractivity contribution in [2.24, 2.45) is 5.41 Å². The zero-order valence-electron chi connectivity index (χ0n) is 13.0. The highest BCUT2D eigenvalue weighted by Crippen LogP contribution is 2.46. The minimum absolute atomic E-state index is 0.158. The third-order valence-corrected chi connectivity index (χ3v) is 5.14. The van der Waals surface area contributed by atoms with Gasteiger partial charge in [-0.05, 0) is 51.1 Å². The molecule has 1 saturated carbocycles. The molecule has 2 aliphatic rings. The number of piperidine rings is 1. The topological polar surface area (TPSA) is 35.5 Å². The molecule has 0 aromatic rings. The summed E-state index contributed by atoms with van der Waals surface area (Å²) in [6.45, 7) is 10.1. The maximum atomic E-state index is 9.68. The van der Waals surface area contributed by atoms with Crippen molar-refractivity contribution in [3.63, 3.8) is 0 Å². The normalized spacial score (nSPS) is 27.0. The summed E-state index contributed by atoms with van der Waals surface area (Å²) in [6, 6.07) is 0.420. The summed E-state index contributed by atoms with van der Waals surface area (Å²) in [5.41, 5.74) is 0.534. The maximum Gasteiger partial charge on any atom is 0.0623 e. The Bertz CT molecular complexity index is 276. The first kappa shape index (κ1) is 15.3. The van der Waals surface area contributed by atoms with E-state index in [4.69, 9.17) is 0 Å². The summed E-state index contributed by atoms with van der Waals surface area (Å²) in [5, 5.41) is 13.2. The van der Waals surface area contributed by atoms with Crippen molar-refractivity contribution in [1.29, 1.82) is 0 Å². The van der Waals surface area contributed by atoms with E-state index >= 15 is 0 Å². The molecule has 3 heteroatoms. The average molecular weight is 268 g/mol. The molecule has 112 valence electrons. The van der Waals surface area contributed by atoms with E-state index in [-0.39, 0.29) is 12.1 Å². The maximum absolute atomic E-state index is 9.68. The first-order valence-electron chi connectivity index (χ1n) is 8.08. The highest BCUT2D eigenvalue weighted by atomic mass is 16.3. The van der Waals surface area contributed by atoms with Gasteiger partial charge in [0.1, 0.15) is 0 Å². The summed E-state index contributed by atoms with van der Waals surface area (Å²) in [7, 11) is 0. The van der Waals surface area contributed by atoms with Gasteiger partial charge in [-0.15, -0.1) is 0 Å². The fraction of sp³-hybridized carbons (Fsp3) is 1.00. The third-order valence-electron chi connectivity index (χ3n) is 5.14. The molecular weight excluding hydrogens is 236 g/mol. The first-order valence-corrected chi connectivity index (χ1v) is 8.08. The standard InChI is InChI=1S/C16H32N2O/c1-14(2)17-15(3,13-19)12-18-10-8-16(9-11-18)6-4-5-7-16/h14,17,19H,4-13H2,1-3H3. The van der Waals surface area contributed by atoms with Gasteiger partial charge in [-0.1, -0.05) is 26.7 Å². The Morgan fingerprint density at radius 3 is 2.21 bits per heavy atom. The lowest BCUT2D eigenvalue weighted by Gasteiger charge is -2.43. The number of nitrogens with one attached hydrogen (secondary N) is 1. The van der Waals surface area contributed by atoms with E-state index in [1.54, 1.807) is 0 Å². The van der Waals surface area contributed by atoms with Crippen LogP contribution in [0.25, 0.3) is 0 Å². The number of aliphatic hydroxyl groups is 1. The molecule has 0 radical (unpaired) electrons. The van der Waals surface area contributed by atoms with Crippen LogP contribution in [0.4, 0.5) is 0 Å². The molecule has 3 nitrogen and oxygen atoms in total. The number of aliphatic hydroxyl groups excluding tert-OH is 1. The zero-order valence-corrected chi connectivity index (χ0v) is 13.0. The van der Waals surface area contributed by atoms with Crippen LogP contribution in [0.1, 0.15) is 59.3 Å². The lowest BCUT2D eigenvalue weighted by molar-refractivity contribution is 0.0621. The van der Waals surface area contributed by atoms with Gasteiger partial charge in [0.05, 0.1) is 12.1 Å². The lowest BCUT2D eigenvalue weighted by atomic mass is 9.77. The van der Waals surface area contributed by atoms with E-state index < -0.39 is 0 Å². The van der Waals surface area contributed by atoms with Crippen LogP contribution in [-0.4, -0.2) is 47.8 Å². The molecule has 1 atom stereocenters. The molecule has 19 heavy (non-hydrogen) atoms. The molecule has 0 bridgehead atoms. The Labute approximate surface area is 118 Å². The van der Waals surface area contributed by atoms with Gasteiger partial charge in [0.2, 0.25) is 0 Å². The SMILES string of the molecule is CC(C)NC(C)(CO)CN1CCC2(CCCC2)CC1. The number of nitrogens with zero attached hydrogens (tertiary/aromatic N) is 1. The second kappa shape index (κ2) is 6.11. The highest BCUT2D eigenvalue weighted by Gasteiger charge is 2.38. The van der Waals surface area contributed by atoms with Crippen LogP contribution in [-0.2, 0) is 0 Å². The fourth-order valence-electron chi connectivity index (χ4n) is 4.14. The minimum Gasteiger partial charge on any atom is -0.394 e. The van der Waals surface area contributed by atoms with Crippen molar-refractivity contribution in [2.45, 2.75) is 70.9 Å². The molecule has 0 amide bonds. The van der Waals surface area contributed by atoms with Gasteiger partial charge in [-0.3, -0.25) is 0 Å². The Kier molecular flexibility index (Phi) is 4.91. The molecule has 2 rings (SSSR count). The van der Waals surface area contributed by atoms with Crippen LogP contribution in [0.5, 0.6) is 0 Å². The average Bonchev–Trinajstić information content (AvgIpc) is 2.80. The number of hydrogen-bond donors (Lipinski definition) is 2. The Morgan fingerprint density at radius 2 is 1.74 bits per heavy atom. The van der Waals surface area contributed by atoms with E-state index in [1.165, 1.54) is 51.6 Å². The highest BCUT2D eigenvalue weighted by molar-refractivity contribution is 4.93. The number of rotatable bonds is 5. The summed E-state index contributed by atoms with van der Waals surface area (Å²) in [5.74, 6) is 0. The van der Waals surface area contributed by atoms with Gasteiger partial charge in [-0.25, -0.2) is 0 Å². The molecule has 0 aromatic heterocycles. The van der Waals surface area contributed by atoms with Crippen LogP contribution in [0.15, 0.2) is 0 Å². The second-order valence-electron chi connectivity index (χ2n) is 7.50. The van der Waals surface area contributed by atoms with Gasteiger partial charge in [0.15, 0.2) is 0 Å². The smallest absolute Gasteiger partial charge is 0.0623 e. The van der Waals surface area contributed by atoms with Gasteiger partial charge >= 0.3 is 0 Å². The largest absolute Gasteiger partial charge is 0.394 e. The van der Waals surface area contributed by atoms with E-state index in [0.29, 0.717) is 11.5 Å². The third kappa shape index (κ3) is 3.93. The van der Waals surface area contributed by atoms with E-state index in [9.17, 15) is 5.11 Å². The fourth-order valence-corrected chi connectivity index (χ4v) is 4.14. The van der Waals surface area contributed by atoms with Gasteiger partial charge in [0.25, 0.3) is 0 Å². The summed E-state index contributed by atoms with van der Waals surface area (Å²) < 4.78 is 0. The van der Waals surface area contributed by atoms with Crippen molar-refractivity contribution in [3.05, 3.63) is 0 Å². The first-order chi connectivity index (χ1) is 8.97. The van der Waals surface area contributed by atoms with Crippen molar-refractivity contribution in [3.8, 4) is 0 Å². The summed E-state index contributed by atoms with van der Waals surface area (Å²) in [6.07, 6.45) is 8.56. The second-order valence-corrected chi connectivity index (χ2v) is 7.50. The van der Waals surface area contributed by atoms with Crippen molar-refractivity contribution >= 4 is 0 Å². The van der Waals surface area contributed by atoms with Gasteiger partial charge in [0, 0.05) is 12.6 Å². The van der Waals surface area contributed by atoms with Crippen molar-refractivity contribution in [2.75, 3.05) is 26.2 Å². The molecule has 1 heterocycles. The van der Waals surface area contributed by atoms with Crippen LogP contribution < -0.4 is 5.32 Å². The van der Waals surface area contributed by atoms with Crippen LogP contribution >= 0.6 is 0 Å². The van der Waals surface area contributed by atoms with Crippen molar-refractivity contribution in [1.82, 2.24) is 10.2 Å². The minimum atomic E-state index is -0.158. The van der Waals surface area contributed by atoms with Crippen molar-refractivity contribution < 1.29 is 5.11 Å². The predicted octanol–water partition coefficient (Wildman–Crippen LogP) is 2.39. The number of hydrogen-bond acceptors (Lipinski definition) is 3. The van der Waals surface area contributed by atoms with Crippen LogP contribution in [0, 0.1) is 5.41 Å². The molecule has 0 aromatic carbocycles. The molecule has 1 unspecified atom stereocenters. The number of likely N-dealkylation sites (tertiary alicyclic amines) is 1. The Balaban J connectivity index is 1.83. The lowest BCUT2D eigenvalue weighted by Crippen LogP contribution is -2.57. The van der Waals surface area contributed by atoms with E-state index in [1.807, 2.05) is 0 Å². The summed E-state index contributed by atoms with van der Waals surface area (Å²) in [4.78, 5) is 2.55. The Hall–Kier alpha value is -0.120. The Morgan fingerprint density at radius 1 is 1.16 bits per heavy atom. The zero-order chi connectivity index (χ0) is 13.9. The molecule has 2 fully saturated rings. The molecular formula is C16H32N2O. The van der Waals surface area contributed by atoms with Crippen LogP contribution in [0.3, 0.4) is 0 Å². The molecule has 1 saturated heterocycles. The molecule has 1 aliphatic carbocycles.